The summed E-state index contributed by atoms with van der Waals surface area (Å²) in [6.45, 7) is 3.24. The van der Waals surface area contributed by atoms with E-state index < -0.39 is 0 Å². The monoisotopic (exact) mass is 396 g/mol. The summed E-state index contributed by atoms with van der Waals surface area (Å²) >= 11 is 6.11. The summed E-state index contributed by atoms with van der Waals surface area (Å²) in [5.74, 6) is 1.04. The summed E-state index contributed by atoms with van der Waals surface area (Å²) in [7, 11) is 0. The van der Waals surface area contributed by atoms with E-state index in [0.29, 0.717) is 22.3 Å². The zero-order chi connectivity index (χ0) is 19.7. The highest BCUT2D eigenvalue weighted by atomic mass is 35.5. The van der Waals surface area contributed by atoms with Crippen molar-refractivity contribution in [3.8, 4) is 0 Å². The van der Waals surface area contributed by atoms with E-state index in [1.165, 1.54) is 5.56 Å². The molecule has 1 aliphatic rings. The number of anilines is 2. The summed E-state index contributed by atoms with van der Waals surface area (Å²) in [5.41, 5.74) is 1.89. The number of carbonyl (C=O) groups excluding carboxylic acids is 1. The van der Waals surface area contributed by atoms with E-state index in [4.69, 9.17) is 11.6 Å². The van der Waals surface area contributed by atoms with Gasteiger partial charge in [-0.05, 0) is 54.0 Å². The Morgan fingerprint density at radius 2 is 1.93 bits per heavy atom. The first-order valence-corrected chi connectivity index (χ1v) is 9.69. The molecule has 2 N–H and O–H groups in total. The highest BCUT2D eigenvalue weighted by Gasteiger charge is 2.21. The number of benzene rings is 1. The first-order valence-electron chi connectivity index (χ1n) is 9.32. The van der Waals surface area contributed by atoms with Crippen molar-refractivity contribution in [2.45, 2.75) is 25.7 Å². The van der Waals surface area contributed by atoms with Crippen LogP contribution in [0.5, 0.6) is 0 Å². The molecule has 0 atom stereocenters. The zero-order valence-corrected chi connectivity index (χ0v) is 16.3. The van der Waals surface area contributed by atoms with E-state index >= 15 is 0 Å². The minimum Gasteiger partial charge on any atom is -0.343 e. The van der Waals surface area contributed by atoms with E-state index in [1.54, 1.807) is 25.3 Å². The lowest BCUT2D eigenvalue weighted by atomic mass is 9.89. The second-order valence-electron chi connectivity index (χ2n) is 7.09. The van der Waals surface area contributed by atoms with E-state index in [1.807, 2.05) is 17.0 Å². The third-order valence-corrected chi connectivity index (χ3v) is 5.50. The molecular weight excluding hydrogens is 376 g/mol. The Morgan fingerprint density at radius 3 is 2.61 bits per heavy atom. The Hall–Kier alpha value is -2.86. The number of fused-ring (bicyclic) bond motifs is 1. The number of rotatable bonds is 3. The van der Waals surface area contributed by atoms with E-state index in [2.05, 4.69) is 27.4 Å². The number of halogens is 1. The minimum atomic E-state index is -0.210. The number of aromatic nitrogens is 2. The van der Waals surface area contributed by atoms with Crippen LogP contribution in [-0.4, -0.2) is 33.9 Å². The van der Waals surface area contributed by atoms with Gasteiger partial charge in [-0.2, -0.15) is 0 Å². The Bertz CT molecular complexity index is 1070. The van der Waals surface area contributed by atoms with Crippen molar-refractivity contribution in [2.24, 2.45) is 0 Å². The van der Waals surface area contributed by atoms with Crippen molar-refractivity contribution >= 4 is 39.8 Å². The molecule has 0 bridgehead atoms. The predicted molar refractivity (Wildman–Crippen MR) is 111 cm³/mol. The molecule has 1 amide bonds. The maximum atomic E-state index is 12.2. The third-order valence-electron chi connectivity index (χ3n) is 5.31. The molecule has 0 aliphatic carbocycles. The topological polar surface area (TPSA) is 78.1 Å². The molecule has 0 spiro atoms. The molecule has 3 heterocycles. The molecule has 0 radical (unpaired) electrons. The van der Waals surface area contributed by atoms with Gasteiger partial charge < -0.3 is 15.2 Å². The Kier molecular flexibility index (Phi) is 5.05. The lowest BCUT2D eigenvalue weighted by Gasteiger charge is -2.31. The van der Waals surface area contributed by atoms with Crippen LogP contribution in [0.25, 0.3) is 10.8 Å². The van der Waals surface area contributed by atoms with E-state index in [0.717, 1.165) is 37.0 Å². The van der Waals surface area contributed by atoms with Crippen molar-refractivity contribution in [3.05, 3.63) is 63.7 Å². The molecular formula is C21H21ClN4O2. The van der Waals surface area contributed by atoms with Gasteiger partial charge in [-0.1, -0.05) is 23.7 Å². The zero-order valence-electron chi connectivity index (χ0n) is 15.5. The van der Waals surface area contributed by atoms with Gasteiger partial charge in [-0.25, -0.2) is 4.98 Å². The average Bonchev–Trinajstić information content (AvgIpc) is 2.68. The highest BCUT2D eigenvalue weighted by Crippen LogP contribution is 2.30. The number of pyridine rings is 2. The smallest absolute Gasteiger partial charge is 0.259 e. The summed E-state index contributed by atoms with van der Waals surface area (Å²) in [4.78, 5) is 32.6. The van der Waals surface area contributed by atoms with Crippen molar-refractivity contribution in [1.82, 2.24) is 14.9 Å². The van der Waals surface area contributed by atoms with Crippen LogP contribution < -0.4 is 10.9 Å². The number of likely N-dealkylation sites (tertiary alicyclic amines) is 1. The number of H-pyrrole nitrogens is 1. The number of nitrogens with one attached hydrogen (secondary N) is 2. The van der Waals surface area contributed by atoms with Crippen LogP contribution in [0.2, 0.25) is 5.15 Å². The van der Waals surface area contributed by atoms with Gasteiger partial charge in [0.1, 0.15) is 11.0 Å². The summed E-state index contributed by atoms with van der Waals surface area (Å²) in [6, 6.07) is 11.6. The number of carbonyl (C=O) groups is 1. The number of piperidine rings is 1. The molecule has 0 saturated carbocycles. The highest BCUT2D eigenvalue weighted by molar-refractivity contribution is 6.30. The maximum absolute atomic E-state index is 12.2. The van der Waals surface area contributed by atoms with E-state index in [-0.39, 0.29) is 11.5 Å². The standard InChI is InChI=1S/C21H21ClN4O2/c1-13(27)26-10-7-15(8-11-26)14-2-4-17(5-3-14)24-20-19-16(12-18(22)25-20)6-9-23-21(19)28/h2-6,9,12,15H,7-8,10-11H2,1H3,(H,23,28)(H,24,25). The fourth-order valence-corrected chi connectivity index (χ4v) is 3.98. The van der Waals surface area contributed by atoms with Gasteiger partial charge in [-0.3, -0.25) is 9.59 Å². The summed E-state index contributed by atoms with van der Waals surface area (Å²) in [6.07, 6.45) is 3.54. The number of amides is 1. The molecule has 0 unspecified atom stereocenters. The molecule has 28 heavy (non-hydrogen) atoms. The lowest BCUT2D eigenvalue weighted by Crippen LogP contribution is -2.36. The van der Waals surface area contributed by atoms with Crippen LogP contribution in [-0.2, 0) is 4.79 Å². The van der Waals surface area contributed by atoms with Crippen LogP contribution in [0.4, 0.5) is 11.5 Å². The average molecular weight is 397 g/mol. The molecule has 3 aromatic rings. The van der Waals surface area contributed by atoms with Crippen molar-refractivity contribution in [2.75, 3.05) is 18.4 Å². The SMILES string of the molecule is CC(=O)N1CCC(c2ccc(Nc3nc(Cl)cc4cc[nH]c(=O)c34)cc2)CC1. The molecule has 1 fully saturated rings. The lowest BCUT2D eigenvalue weighted by molar-refractivity contribution is -0.129. The summed E-state index contributed by atoms with van der Waals surface area (Å²) in [5, 5.41) is 4.76. The minimum absolute atomic E-state index is 0.147. The number of aromatic amines is 1. The van der Waals surface area contributed by atoms with Crippen LogP contribution in [0, 0.1) is 0 Å². The Morgan fingerprint density at radius 1 is 1.21 bits per heavy atom. The van der Waals surface area contributed by atoms with Gasteiger partial charge in [-0.15, -0.1) is 0 Å². The van der Waals surface area contributed by atoms with Crippen molar-refractivity contribution in [1.29, 1.82) is 0 Å². The van der Waals surface area contributed by atoms with Gasteiger partial charge in [0.15, 0.2) is 0 Å². The molecule has 6 nitrogen and oxygen atoms in total. The molecule has 2 aromatic heterocycles. The van der Waals surface area contributed by atoms with Crippen LogP contribution >= 0.6 is 11.6 Å². The van der Waals surface area contributed by atoms with Gasteiger partial charge in [0.05, 0.1) is 5.39 Å². The first kappa shape index (κ1) is 18.5. The predicted octanol–water partition coefficient (Wildman–Crippen LogP) is 4.05. The Labute approximate surface area is 167 Å². The Balaban J connectivity index is 1.54. The van der Waals surface area contributed by atoms with Gasteiger partial charge in [0.2, 0.25) is 5.91 Å². The van der Waals surface area contributed by atoms with Gasteiger partial charge in [0.25, 0.3) is 5.56 Å². The van der Waals surface area contributed by atoms with Crippen molar-refractivity contribution < 1.29 is 4.79 Å². The normalized spacial score (nSPS) is 15.0. The fraction of sp³-hybridized carbons (Fsp3) is 0.286. The van der Waals surface area contributed by atoms with E-state index in [9.17, 15) is 9.59 Å². The molecule has 4 rings (SSSR count). The fourth-order valence-electron chi connectivity index (χ4n) is 3.78. The largest absolute Gasteiger partial charge is 0.343 e. The second-order valence-corrected chi connectivity index (χ2v) is 7.48. The number of hydrogen-bond acceptors (Lipinski definition) is 4. The molecule has 1 aliphatic heterocycles. The van der Waals surface area contributed by atoms with Crippen LogP contribution in [0.3, 0.4) is 0 Å². The molecule has 144 valence electrons. The van der Waals surface area contributed by atoms with Gasteiger partial charge >= 0.3 is 0 Å². The maximum Gasteiger partial charge on any atom is 0.259 e. The van der Waals surface area contributed by atoms with Crippen LogP contribution in [0.1, 0.15) is 31.2 Å². The quantitative estimate of drug-likeness (QED) is 0.655. The third kappa shape index (κ3) is 3.73. The second kappa shape index (κ2) is 7.64. The molecule has 1 saturated heterocycles. The number of hydrogen-bond donors (Lipinski definition) is 2. The molecule has 1 aromatic carbocycles. The van der Waals surface area contributed by atoms with Crippen molar-refractivity contribution in [3.63, 3.8) is 0 Å². The first-order chi connectivity index (χ1) is 13.5. The van der Waals surface area contributed by atoms with Gasteiger partial charge in [0, 0.05) is 31.9 Å². The van der Waals surface area contributed by atoms with Crippen LogP contribution in [0.15, 0.2) is 47.4 Å². The molecule has 7 heteroatoms. The summed E-state index contributed by atoms with van der Waals surface area (Å²) < 4.78 is 0. The number of nitrogens with zero attached hydrogens (tertiary/aromatic N) is 2.